The smallest absolute Gasteiger partial charge is 0.341 e. The van der Waals surface area contributed by atoms with Crippen molar-refractivity contribution < 1.29 is 9.53 Å². The van der Waals surface area contributed by atoms with E-state index in [1.165, 1.54) is 18.2 Å². The van der Waals surface area contributed by atoms with Crippen molar-refractivity contribution >= 4 is 28.8 Å². The van der Waals surface area contributed by atoms with Crippen LogP contribution in [0.2, 0.25) is 0 Å². The Morgan fingerprint density at radius 1 is 1.60 bits per heavy atom. The standard InChI is InChI=1S/C14H17N3O2S/c1-9(6-11-4-3-5-20-11)17-13-12(14(18)19-2)7-10(15)8-16-13/h3-5,7-9H,6,15H2,1-2H3,(H,16,17). The summed E-state index contributed by atoms with van der Waals surface area (Å²) in [7, 11) is 1.34. The minimum Gasteiger partial charge on any atom is -0.465 e. The number of nitrogen functional groups attached to an aromatic ring is 1. The lowest BCUT2D eigenvalue weighted by atomic mass is 10.2. The number of carbonyl (C=O) groups excluding carboxylic acids is 1. The molecule has 2 heterocycles. The van der Waals surface area contributed by atoms with Crippen LogP contribution in [0, 0.1) is 0 Å². The Kier molecular flexibility index (Phi) is 4.57. The molecule has 0 saturated heterocycles. The summed E-state index contributed by atoms with van der Waals surface area (Å²) in [6.45, 7) is 2.04. The lowest BCUT2D eigenvalue weighted by Crippen LogP contribution is -2.21. The maximum atomic E-state index is 11.7. The molecule has 2 aromatic heterocycles. The number of ether oxygens (including phenoxy) is 1. The monoisotopic (exact) mass is 291 g/mol. The van der Waals surface area contributed by atoms with Crippen molar-refractivity contribution in [2.24, 2.45) is 0 Å². The fourth-order valence-electron chi connectivity index (χ4n) is 1.88. The number of nitrogens with zero attached hydrogens (tertiary/aromatic N) is 1. The molecule has 2 rings (SSSR count). The van der Waals surface area contributed by atoms with Gasteiger partial charge in [0.15, 0.2) is 0 Å². The zero-order valence-electron chi connectivity index (χ0n) is 11.4. The number of anilines is 2. The summed E-state index contributed by atoms with van der Waals surface area (Å²) in [4.78, 5) is 17.2. The number of nitrogens with one attached hydrogen (secondary N) is 1. The third-order valence-electron chi connectivity index (χ3n) is 2.78. The van der Waals surface area contributed by atoms with Crippen LogP contribution in [0.5, 0.6) is 0 Å². The number of esters is 1. The molecule has 1 unspecified atom stereocenters. The Morgan fingerprint density at radius 3 is 3.05 bits per heavy atom. The molecule has 20 heavy (non-hydrogen) atoms. The van der Waals surface area contributed by atoms with E-state index < -0.39 is 5.97 Å². The number of aromatic nitrogens is 1. The average Bonchev–Trinajstić information content (AvgIpc) is 2.92. The summed E-state index contributed by atoms with van der Waals surface area (Å²) < 4.78 is 4.75. The van der Waals surface area contributed by atoms with Gasteiger partial charge in [0, 0.05) is 17.3 Å². The minimum atomic E-state index is -0.448. The van der Waals surface area contributed by atoms with Gasteiger partial charge in [-0.2, -0.15) is 0 Å². The van der Waals surface area contributed by atoms with Gasteiger partial charge in [-0.05, 0) is 24.4 Å². The normalized spacial score (nSPS) is 11.9. The van der Waals surface area contributed by atoms with Crippen LogP contribution in [0.25, 0.3) is 0 Å². The van der Waals surface area contributed by atoms with Crippen LogP contribution in [-0.2, 0) is 11.2 Å². The molecule has 0 saturated carbocycles. The SMILES string of the molecule is COC(=O)c1cc(N)cnc1NC(C)Cc1cccs1. The number of carbonyl (C=O) groups is 1. The second-order valence-corrected chi connectivity index (χ2v) is 5.52. The van der Waals surface area contributed by atoms with E-state index >= 15 is 0 Å². The quantitative estimate of drug-likeness (QED) is 0.828. The molecule has 0 aliphatic carbocycles. The third-order valence-corrected chi connectivity index (χ3v) is 3.68. The molecule has 5 nitrogen and oxygen atoms in total. The molecule has 0 aromatic carbocycles. The van der Waals surface area contributed by atoms with E-state index in [1.807, 2.05) is 18.4 Å². The van der Waals surface area contributed by atoms with Gasteiger partial charge in [-0.1, -0.05) is 6.07 Å². The molecule has 106 valence electrons. The van der Waals surface area contributed by atoms with E-state index in [-0.39, 0.29) is 6.04 Å². The van der Waals surface area contributed by atoms with Gasteiger partial charge in [0.25, 0.3) is 0 Å². The zero-order valence-corrected chi connectivity index (χ0v) is 12.2. The molecule has 0 spiro atoms. The summed E-state index contributed by atoms with van der Waals surface area (Å²) in [5.74, 6) is 0.0470. The molecular weight excluding hydrogens is 274 g/mol. The topological polar surface area (TPSA) is 77.2 Å². The van der Waals surface area contributed by atoms with Crippen molar-refractivity contribution in [3.05, 3.63) is 40.2 Å². The first-order valence-electron chi connectivity index (χ1n) is 6.23. The summed E-state index contributed by atoms with van der Waals surface area (Å²) in [5.41, 5.74) is 6.45. The summed E-state index contributed by atoms with van der Waals surface area (Å²) in [5, 5.41) is 5.28. The van der Waals surface area contributed by atoms with Gasteiger partial charge in [-0.25, -0.2) is 9.78 Å². The van der Waals surface area contributed by atoms with Crippen molar-refractivity contribution in [1.29, 1.82) is 0 Å². The molecule has 6 heteroatoms. The van der Waals surface area contributed by atoms with E-state index in [9.17, 15) is 4.79 Å². The van der Waals surface area contributed by atoms with E-state index in [0.717, 1.165) is 6.42 Å². The van der Waals surface area contributed by atoms with Gasteiger partial charge >= 0.3 is 5.97 Å². The predicted octanol–water partition coefficient (Wildman–Crippen LogP) is 2.56. The highest BCUT2D eigenvalue weighted by molar-refractivity contribution is 7.09. The largest absolute Gasteiger partial charge is 0.465 e. The Hall–Kier alpha value is -2.08. The van der Waals surface area contributed by atoms with Gasteiger partial charge in [-0.15, -0.1) is 11.3 Å². The number of hydrogen-bond donors (Lipinski definition) is 2. The molecular formula is C14H17N3O2S. The zero-order chi connectivity index (χ0) is 14.5. The predicted molar refractivity (Wildman–Crippen MR) is 81.1 cm³/mol. The molecule has 3 N–H and O–H groups in total. The first-order chi connectivity index (χ1) is 9.60. The van der Waals surface area contributed by atoms with Gasteiger partial charge in [-0.3, -0.25) is 0 Å². The Labute approximate surface area is 121 Å². The van der Waals surface area contributed by atoms with Crippen LogP contribution in [0.1, 0.15) is 22.2 Å². The van der Waals surface area contributed by atoms with Gasteiger partial charge in [0.05, 0.1) is 19.0 Å². The second kappa shape index (κ2) is 6.38. The van der Waals surface area contributed by atoms with Gasteiger partial charge < -0.3 is 15.8 Å². The number of thiophene rings is 1. The third kappa shape index (κ3) is 3.48. The van der Waals surface area contributed by atoms with Crippen LogP contribution in [-0.4, -0.2) is 24.1 Å². The van der Waals surface area contributed by atoms with Gasteiger partial charge in [0.2, 0.25) is 0 Å². The Bertz CT molecular complexity index is 584. The lowest BCUT2D eigenvalue weighted by Gasteiger charge is -2.16. The Balaban J connectivity index is 2.14. The summed E-state index contributed by atoms with van der Waals surface area (Å²) in [6.07, 6.45) is 2.39. The van der Waals surface area contributed by atoms with Gasteiger partial charge in [0.1, 0.15) is 11.4 Å². The van der Waals surface area contributed by atoms with E-state index in [2.05, 4.69) is 16.4 Å². The second-order valence-electron chi connectivity index (χ2n) is 4.49. The number of methoxy groups -OCH3 is 1. The van der Waals surface area contributed by atoms with Crippen molar-refractivity contribution in [2.75, 3.05) is 18.2 Å². The highest BCUT2D eigenvalue weighted by Crippen LogP contribution is 2.19. The highest BCUT2D eigenvalue weighted by atomic mass is 32.1. The van der Waals surface area contributed by atoms with Crippen molar-refractivity contribution in [3.63, 3.8) is 0 Å². The van der Waals surface area contributed by atoms with Crippen molar-refractivity contribution in [3.8, 4) is 0 Å². The highest BCUT2D eigenvalue weighted by Gasteiger charge is 2.15. The summed E-state index contributed by atoms with van der Waals surface area (Å²) in [6, 6.07) is 5.82. The van der Waals surface area contributed by atoms with Crippen LogP contribution in [0.4, 0.5) is 11.5 Å². The maximum absolute atomic E-state index is 11.7. The number of pyridine rings is 1. The van der Waals surface area contributed by atoms with E-state index in [4.69, 9.17) is 10.5 Å². The Morgan fingerprint density at radius 2 is 2.40 bits per heavy atom. The fraction of sp³-hybridized carbons (Fsp3) is 0.286. The average molecular weight is 291 g/mol. The van der Waals surface area contributed by atoms with Crippen LogP contribution >= 0.6 is 11.3 Å². The number of hydrogen-bond acceptors (Lipinski definition) is 6. The summed E-state index contributed by atoms with van der Waals surface area (Å²) >= 11 is 1.71. The molecule has 0 bridgehead atoms. The van der Waals surface area contributed by atoms with Crippen LogP contribution in [0.15, 0.2) is 29.8 Å². The fourth-order valence-corrected chi connectivity index (χ4v) is 2.71. The van der Waals surface area contributed by atoms with Crippen LogP contribution in [0.3, 0.4) is 0 Å². The maximum Gasteiger partial charge on any atom is 0.341 e. The molecule has 0 aliphatic heterocycles. The van der Waals surface area contributed by atoms with E-state index in [1.54, 1.807) is 17.4 Å². The molecule has 1 atom stereocenters. The van der Waals surface area contributed by atoms with Crippen molar-refractivity contribution in [2.45, 2.75) is 19.4 Å². The first kappa shape index (κ1) is 14.3. The molecule has 0 aliphatic rings. The van der Waals surface area contributed by atoms with Crippen LogP contribution < -0.4 is 11.1 Å². The molecule has 0 fully saturated rings. The molecule has 0 radical (unpaired) electrons. The number of rotatable bonds is 5. The number of nitrogens with two attached hydrogens (primary N) is 1. The minimum absolute atomic E-state index is 0.146. The molecule has 2 aromatic rings. The first-order valence-corrected chi connectivity index (χ1v) is 7.11. The van der Waals surface area contributed by atoms with Crippen molar-refractivity contribution in [1.82, 2.24) is 4.98 Å². The molecule has 0 amide bonds. The lowest BCUT2D eigenvalue weighted by molar-refractivity contribution is 0.0601. The van der Waals surface area contributed by atoms with E-state index in [0.29, 0.717) is 17.1 Å².